The van der Waals surface area contributed by atoms with Crippen molar-refractivity contribution < 1.29 is 9.52 Å². The van der Waals surface area contributed by atoms with Crippen LogP contribution in [0, 0.1) is 5.41 Å². The second-order valence-corrected chi connectivity index (χ2v) is 6.71. The van der Waals surface area contributed by atoms with E-state index in [1.807, 2.05) is 0 Å². The van der Waals surface area contributed by atoms with Gasteiger partial charge >= 0.3 is 0 Å². The lowest BCUT2D eigenvalue weighted by Crippen LogP contribution is -2.28. The van der Waals surface area contributed by atoms with Crippen LogP contribution in [-0.4, -0.2) is 11.7 Å². The van der Waals surface area contributed by atoms with Crippen LogP contribution in [0.2, 0.25) is 0 Å². The largest absolute Gasteiger partial charge is 0.469 e. The summed E-state index contributed by atoms with van der Waals surface area (Å²) < 4.78 is 5.64. The molecule has 0 saturated heterocycles. The lowest BCUT2D eigenvalue weighted by atomic mass is 9.74. The van der Waals surface area contributed by atoms with Crippen molar-refractivity contribution in [3.05, 3.63) is 53.5 Å². The fourth-order valence-corrected chi connectivity index (χ4v) is 3.20. The predicted octanol–water partition coefficient (Wildman–Crippen LogP) is 3.94. The summed E-state index contributed by atoms with van der Waals surface area (Å²) in [5.74, 6) is 1.11. The van der Waals surface area contributed by atoms with Crippen molar-refractivity contribution in [1.82, 2.24) is 0 Å². The van der Waals surface area contributed by atoms with E-state index in [1.165, 1.54) is 5.56 Å². The Kier molecular flexibility index (Phi) is 3.77. The van der Waals surface area contributed by atoms with Crippen LogP contribution in [0.5, 0.6) is 0 Å². The molecule has 3 heteroatoms. The molecule has 0 radical (unpaired) electrons. The zero-order chi connectivity index (χ0) is 14.9. The van der Waals surface area contributed by atoms with E-state index in [-0.39, 0.29) is 12.0 Å². The summed E-state index contributed by atoms with van der Waals surface area (Å²) >= 11 is 0. The van der Waals surface area contributed by atoms with Crippen molar-refractivity contribution in [2.45, 2.75) is 39.2 Å². The maximum Gasteiger partial charge on any atom is 0.109 e. The van der Waals surface area contributed by atoms with Crippen molar-refractivity contribution in [3.8, 4) is 0 Å². The molecule has 1 aromatic heterocycles. The molecule has 0 bridgehead atoms. The number of fused-ring (bicyclic) bond motifs is 1. The highest BCUT2D eigenvalue weighted by Gasteiger charge is 2.34. The highest BCUT2D eigenvalue weighted by atomic mass is 16.3. The van der Waals surface area contributed by atoms with E-state index in [0.717, 1.165) is 29.9 Å². The fourth-order valence-electron chi connectivity index (χ4n) is 3.20. The Hall–Kier alpha value is -1.74. The van der Waals surface area contributed by atoms with Crippen LogP contribution in [0.3, 0.4) is 0 Å². The lowest BCUT2D eigenvalue weighted by molar-refractivity contribution is 0.263. The minimum Gasteiger partial charge on any atom is -0.469 e. The number of aliphatic hydroxyl groups excluding tert-OH is 1. The number of furan rings is 1. The molecule has 1 unspecified atom stereocenters. The van der Waals surface area contributed by atoms with Gasteiger partial charge in [0.25, 0.3) is 0 Å². The quantitative estimate of drug-likeness (QED) is 0.894. The van der Waals surface area contributed by atoms with Gasteiger partial charge in [0.1, 0.15) is 5.76 Å². The van der Waals surface area contributed by atoms with Gasteiger partial charge < -0.3 is 14.8 Å². The second kappa shape index (κ2) is 5.57. The highest BCUT2D eigenvalue weighted by Crippen LogP contribution is 2.42. The molecule has 1 aliphatic rings. The topological polar surface area (TPSA) is 45.4 Å². The zero-order valence-electron chi connectivity index (χ0n) is 12.7. The Bertz CT molecular complexity index is 598. The SMILES string of the molecule is CC1(C)Cc2occc2C(Nc2ccc(CCO)cc2)C1. The summed E-state index contributed by atoms with van der Waals surface area (Å²) in [7, 11) is 0. The first kappa shape index (κ1) is 14.2. The first-order chi connectivity index (χ1) is 10.1. The summed E-state index contributed by atoms with van der Waals surface area (Å²) in [6.45, 7) is 4.77. The van der Waals surface area contributed by atoms with Crippen LogP contribution in [0.1, 0.15) is 43.2 Å². The molecule has 112 valence electrons. The van der Waals surface area contributed by atoms with Crippen LogP contribution in [0.25, 0.3) is 0 Å². The maximum atomic E-state index is 8.97. The predicted molar refractivity (Wildman–Crippen MR) is 84.4 cm³/mol. The summed E-state index contributed by atoms with van der Waals surface area (Å²) in [6.07, 6.45) is 4.61. The number of aliphatic hydroxyl groups is 1. The number of hydrogen-bond donors (Lipinski definition) is 2. The Morgan fingerprint density at radius 3 is 2.71 bits per heavy atom. The van der Waals surface area contributed by atoms with Crippen molar-refractivity contribution >= 4 is 5.69 Å². The monoisotopic (exact) mass is 285 g/mol. The fraction of sp³-hybridized carbons (Fsp3) is 0.444. The second-order valence-electron chi connectivity index (χ2n) is 6.71. The minimum atomic E-state index is 0.196. The third kappa shape index (κ3) is 3.13. The first-order valence-corrected chi connectivity index (χ1v) is 7.60. The Morgan fingerprint density at radius 1 is 1.24 bits per heavy atom. The molecule has 2 aromatic rings. The Labute approximate surface area is 126 Å². The van der Waals surface area contributed by atoms with E-state index in [2.05, 4.69) is 49.5 Å². The van der Waals surface area contributed by atoms with Gasteiger partial charge in [-0.15, -0.1) is 0 Å². The van der Waals surface area contributed by atoms with Gasteiger partial charge in [-0.1, -0.05) is 26.0 Å². The maximum absolute atomic E-state index is 8.97. The number of nitrogens with one attached hydrogen (secondary N) is 1. The molecule has 3 rings (SSSR count). The molecular formula is C18H23NO2. The highest BCUT2D eigenvalue weighted by molar-refractivity contribution is 5.48. The van der Waals surface area contributed by atoms with Crippen molar-refractivity contribution in [3.63, 3.8) is 0 Å². The molecule has 0 aliphatic heterocycles. The summed E-state index contributed by atoms with van der Waals surface area (Å²) in [4.78, 5) is 0. The summed E-state index contributed by atoms with van der Waals surface area (Å²) in [6, 6.07) is 10.7. The van der Waals surface area contributed by atoms with Gasteiger partial charge in [0.2, 0.25) is 0 Å². The number of rotatable bonds is 4. The van der Waals surface area contributed by atoms with E-state index < -0.39 is 0 Å². The molecule has 0 spiro atoms. The molecule has 1 atom stereocenters. The summed E-state index contributed by atoms with van der Waals surface area (Å²) in [5.41, 5.74) is 3.82. The van der Waals surface area contributed by atoms with Crippen molar-refractivity contribution in [2.24, 2.45) is 5.41 Å². The number of anilines is 1. The van der Waals surface area contributed by atoms with Gasteiger partial charge in [0, 0.05) is 24.3 Å². The molecule has 1 aromatic carbocycles. The van der Waals surface area contributed by atoms with Crippen LogP contribution >= 0.6 is 0 Å². The molecule has 1 heterocycles. The molecule has 21 heavy (non-hydrogen) atoms. The van der Waals surface area contributed by atoms with E-state index in [0.29, 0.717) is 12.5 Å². The Morgan fingerprint density at radius 2 is 2.00 bits per heavy atom. The van der Waals surface area contributed by atoms with Gasteiger partial charge in [0.15, 0.2) is 0 Å². The van der Waals surface area contributed by atoms with Crippen LogP contribution in [0.15, 0.2) is 41.0 Å². The molecule has 3 nitrogen and oxygen atoms in total. The third-order valence-electron chi connectivity index (χ3n) is 4.25. The van der Waals surface area contributed by atoms with E-state index in [1.54, 1.807) is 6.26 Å². The van der Waals surface area contributed by atoms with Gasteiger partial charge in [-0.25, -0.2) is 0 Å². The van der Waals surface area contributed by atoms with Gasteiger partial charge in [0.05, 0.1) is 12.3 Å². The molecule has 0 saturated carbocycles. The third-order valence-corrected chi connectivity index (χ3v) is 4.25. The average molecular weight is 285 g/mol. The smallest absolute Gasteiger partial charge is 0.109 e. The van der Waals surface area contributed by atoms with E-state index in [4.69, 9.17) is 9.52 Å². The van der Waals surface area contributed by atoms with Crippen LogP contribution in [-0.2, 0) is 12.8 Å². The van der Waals surface area contributed by atoms with E-state index >= 15 is 0 Å². The zero-order valence-corrected chi connectivity index (χ0v) is 12.7. The van der Waals surface area contributed by atoms with Crippen LogP contribution < -0.4 is 5.32 Å². The van der Waals surface area contributed by atoms with E-state index in [9.17, 15) is 0 Å². The lowest BCUT2D eigenvalue weighted by Gasteiger charge is -2.35. The van der Waals surface area contributed by atoms with Gasteiger partial charge in [-0.2, -0.15) is 0 Å². The van der Waals surface area contributed by atoms with Crippen molar-refractivity contribution in [2.75, 3.05) is 11.9 Å². The normalized spacial score (nSPS) is 20.0. The summed E-state index contributed by atoms with van der Waals surface area (Å²) in [5, 5.41) is 12.6. The minimum absolute atomic E-state index is 0.196. The molecule has 0 amide bonds. The molecule has 1 aliphatic carbocycles. The van der Waals surface area contributed by atoms with Gasteiger partial charge in [-0.05, 0) is 42.0 Å². The Balaban J connectivity index is 1.78. The van der Waals surface area contributed by atoms with Gasteiger partial charge in [-0.3, -0.25) is 0 Å². The van der Waals surface area contributed by atoms with Crippen molar-refractivity contribution in [1.29, 1.82) is 0 Å². The number of benzene rings is 1. The first-order valence-electron chi connectivity index (χ1n) is 7.60. The number of hydrogen-bond acceptors (Lipinski definition) is 3. The molecule has 2 N–H and O–H groups in total. The average Bonchev–Trinajstić information content (AvgIpc) is 2.88. The molecule has 0 fully saturated rings. The molecular weight excluding hydrogens is 262 g/mol. The van der Waals surface area contributed by atoms with Crippen LogP contribution in [0.4, 0.5) is 5.69 Å². The standard InChI is InChI=1S/C18H23NO2/c1-18(2)11-16(15-8-10-21-17(15)12-18)19-14-5-3-13(4-6-14)7-9-20/h3-6,8,10,16,19-20H,7,9,11-12H2,1-2H3.